The van der Waals surface area contributed by atoms with Gasteiger partial charge in [0.25, 0.3) is 0 Å². The monoisotopic (exact) mass is 398 g/mol. The quantitative estimate of drug-likeness (QED) is 0.592. The summed E-state index contributed by atoms with van der Waals surface area (Å²) in [6.07, 6.45) is 8.92. The zero-order chi connectivity index (χ0) is 20.7. The highest BCUT2D eigenvalue weighted by atomic mass is 16.4. The van der Waals surface area contributed by atoms with E-state index < -0.39 is 0 Å². The Morgan fingerprint density at radius 3 is 2.34 bits per heavy atom. The van der Waals surface area contributed by atoms with Crippen molar-refractivity contribution in [3.05, 3.63) is 41.7 Å². The minimum absolute atomic E-state index is 0.0440. The fourth-order valence-electron chi connectivity index (χ4n) is 3.31. The average Bonchev–Trinajstić information content (AvgIpc) is 3.03. The van der Waals surface area contributed by atoms with E-state index in [2.05, 4.69) is 63.4 Å². The number of hydrogen-bond acceptors (Lipinski definition) is 5. The van der Waals surface area contributed by atoms with Gasteiger partial charge in [0.15, 0.2) is 5.96 Å². The van der Waals surface area contributed by atoms with Crippen LogP contribution in [0.1, 0.15) is 63.7 Å². The van der Waals surface area contributed by atoms with Crippen LogP contribution in [0.4, 0.5) is 5.82 Å². The highest BCUT2D eigenvalue weighted by Gasteiger charge is 2.19. The molecule has 3 heterocycles. The van der Waals surface area contributed by atoms with Crippen LogP contribution < -0.4 is 15.5 Å². The topological polar surface area (TPSA) is 78.6 Å². The minimum Gasteiger partial charge on any atom is -0.443 e. The first-order chi connectivity index (χ1) is 14.0. The summed E-state index contributed by atoms with van der Waals surface area (Å²) < 4.78 is 5.81. The lowest BCUT2D eigenvalue weighted by Crippen LogP contribution is -2.36. The zero-order valence-electron chi connectivity index (χ0n) is 18.2. The lowest BCUT2D eigenvalue weighted by atomic mass is 9.94. The molecular weight excluding hydrogens is 364 g/mol. The van der Waals surface area contributed by atoms with Crippen LogP contribution in [0, 0.1) is 0 Å². The fourth-order valence-corrected chi connectivity index (χ4v) is 3.31. The van der Waals surface area contributed by atoms with Crippen molar-refractivity contribution >= 4 is 11.8 Å². The normalized spacial score (nSPS) is 15.9. The van der Waals surface area contributed by atoms with Crippen LogP contribution in [0.5, 0.6) is 0 Å². The molecule has 0 saturated carbocycles. The van der Waals surface area contributed by atoms with E-state index in [1.165, 1.54) is 25.7 Å². The number of anilines is 1. The Morgan fingerprint density at radius 2 is 1.76 bits per heavy atom. The SMILES string of the molecule is CN=C(NCc1ccc(N2CCCCCC2)nc1)NCc1ncc(C(C)(C)C)o1. The molecule has 1 aliphatic heterocycles. The predicted molar refractivity (Wildman–Crippen MR) is 117 cm³/mol. The van der Waals surface area contributed by atoms with E-state index >= 15 is 0 Å². The van der Waals surface area contributed by atoms with E-state index in [-0.39, 0.29) is 5.41 Å². The summed E-state index contributed by atoms with van der Waals surface area (Å²) in [7, 11) is 1.76. The molecule has 2 aromatic heterocycles. The Balaban J connectivity index is 1.48. The number of oxazole rings is 1. The van der Waals surface area contributed by atoms with Crippen LogP contribution in [0.3, 0.4) is 0 Å². The molecule has 0 amide bonds. The Bertz CT molecular complexity index is 782. The van der Waals surface area contributed by atoms with Crippen molar-refractivity contribution in [1.82, 2.24) is 20.6 Å². The van der Waals surface area contributed by atoms with Gasteiger partial charge in [0.2, 0.25) is 5.89 Å². The number of hydrogen-bond donors (Lipinski definition) is 2. The third-order valence-electron chi connectivity index (χ3n) is 5.12. The molecule has 7 heteroatoms. The maximum absolute atomic E-state index is 5.81. The van der Waals surface area contributed by atoms with Gasteiger partial charge < -0.3 is 20.0 Å². The average molecular weight is 399 g/mol. The van der Waals surface area contributed by atoms with E-state index in [4.69, 9.17) is 4.42 Å². The summed E-state index contributed by atoms with van der Waals surface area (Å²) in [5.41, 5.74) is 1.08. The molecule has 3 rings (SSSR count). The Hall–Kier alpha value is -2.57. The summed E-state index contributed by atoms with van der Waals surface area (Å²) in [6.45, 7) is 9.69. The standard InChI is InChI=1S/C22H34N6O/c1-22(2,3)18-15-25-20(29-18)16-27-21(23-4)26-14-17-9-10-19(24-13-17)28-11-7-5-6-8-12-28/h9-10,13,15H,5-8,11-12,14,16H2,1-4H3,(H2,23,26,27). The highest BCUT2D eigenvalue weighted by Crippen LogP contribution is 2.22. The van der Waals surface area contributed by atoms with E-state index in [0.717, 1.165) is 30.2 Å². The van der Waals surface area contributed by atoms with Crippen LogP contribution in [-0.2, 0) is 18.5 Å². The third kappa shape index (κ3) is 6.21. The minimum atomic E-state index is -0.0440. The predicted octanol–water partition coefficient (Wildman–Crippen LogP) is 3.61. The van der Waals surface area contributed by atoms with E-state index in [0.29, 0.717) is 24.9 Å². The molecule has 29 heavy (non-hydrogen) atoms. The van der Waals surface area contributed by atoms with Crippen molar-refractivity contribution in [3.63, 3.8) is 0 Å². The van der Waals surface area contributed by atoms with Crippen molar-refractivity contribution in [2.75, 3.05) is 25.0 Å². The van der Waals surface area contributed by atoms with E-state index in [9.17, 15) is 0 Å². The summed E-state index contributed by atoms with van der Waals surface area (Å²) in [5.74, 6) is 3.32. The van der Waals surface area contributed by atoms with Gasteiger partial charge in [0.05, 0.1) is 12.7 Å². The second kappa shape index (κ2) is 9.76. The smallest absolute Gasteiger partial charge is 0.213 e. The number of pyridine rings is 1. The molecule has 0 aromatic carbocycles. The first-order valence-electron chi connectivity index (χ1n) is 10.6. The van der Waals surface area contributed by atoms with Gasteiger partial charge in [-0.25, -0.2) is 9.97 Å². The molecule has 0 radical (unpaired) electrons. The van der Waals surface area contributed by atoms with Crippen LogP contribution in [0.15, 0.2) is 33.9 Å². The molecule has 0 aliphatic carbocycles. The third-order valence-corrected chi connectivity index (χ3v) is 5.12. The van der Waals surface area contributed by atoms with Crippen molar-refractivity contribution < 1.29 is 4.42 Å². The van der Waals surface area contributed by atoms with Gasteiger partial charge in [-0.05, 0) is 24.5 Å². The molecule has 2 aromatic rings. The number of nitrogens with zero attached hydrogens (tertiary/aromatic N) is 4. The molecule has 2 N–H and O–H groups in total. The van der Waals surface area contributed by atoms with Gasteiger partial charge in [0, 0.05) is 38.3 Å². The summed E-state index contributed by atoms with van der Waals surface area (Å²) >= 11 is 0. The number of aromatic nitrogens is 2. The lowest BCUT2D eigenvalue weighted by molar-refractivity contribution is 0.379. The second-order valence-corrected chi connectivity index (χ2v) is 8.57. The van der Waals surface area contributed by atoms with Crippen LogP contribution in [0.25, 0.3) is 0 Å². The maximum atomic E-state index is 5.81. The van der Waals surface area contributed by atoms with Crippen LogP contribution >= 0.6 is 0 Å². The lowest BCUT2D eigenvalue weighted by Gasteiger charge is -2.21. The van der Waals surface area contributed by atoms with Gasteiger partial charge in [-0.1, -0.05) is 39.7 Å². The molecule has 1 saturated heterocycles. The first-order valence-corrected chi connectivity index (χ1v) is 10.6. The Kier molecular flexibility index (Phi) is 7.12. The zero-order valence-corrected chi connectivity index (χ0v) is 18.2. The number of aliphatic imine (C=N–C) groups is 1. The van der Waals surface area contributed by atoms with Crippen molar-refractivity contribution in [3.8, 4) is 0 Å². The van der Waals surface area contributed by atoms with Crippen molar-refractivity contribution in [2.45, 2.75) is 65.0 Å². The van der Waals surface area contributed by atoms with Gasteiger partial charge in [-0.2, -0.15) is 0 Å². The molecule has 0 unspecified atom stereocenters. The van der Waals surface area contributed by atoms with Crippen LogP contribution in [0.2, 0.25) is 0 Å². The van der Waals surface area contributed by atoms with Gasteiger partial charge in [0.1, 0.15) is 11.6 Å². The maximum Gasteiger partial charge on any atom is 0.213 e. The van der Waals surface area contributed by atoms with Gasteiger partial charge in [-0.3, -0.25) is 4.99 Å². The molecular formula is C22H34N6O. The summed E-state index contributed by atoms with van der Waals surface area (Å²) in [6, 6.07) is 4.26. The molecule has 7 nitrogen and oxygen atoms in total. The largest absolute Gasteiger partial charge is 0.443 e. The molecule has 158 valence electrons. The molecule has 0 atom stereocenters. The Labute approximate surface area is 174 Å². The van der Waals surface area contributed by atoms with E-state index in [1.807, 2.05) is 6.20 Å². The van der Waals surface area contributed by atoms with Crippen LogP contribution in [-0.4, -0.2) is 36.1 Å². The molecule has 1 aliphatic rings. The number of rotatable bonds is 5. The second-order valence-electron chi connectivity index (χ2n) is 8.57. The van der Waals surface area contributed by atoms with Gasteiger partial charge in [-0.15, -0.1) is 0 Å². The molecule has 1 fully saturated rings. The summed E-state index contributed by atoms with van der Waals surface area (Å²) in [4.78, 5) is 15.7. The number of guanidine groups is 1. The first kappa shape index (κ1) is 21.1. The van der Waals surface area contributed by atoms with E-state index in [1.54, 1.807) is 13.2 Å². The summed E-state index contributed by atoms with van der Waals surface area (Å²) in [5, 5.41) is 6.56. The highest BCUT2D eigenvalue weighted by molar-refractivity contribution is 5.79. The Morgan fingerprint density at radius 1 is 1.03 bits per heavy atom. The fraction of sp³-hybridized carbons (Fsp3) is 0.591. The van der Waals surface area contributed by atoms with Gasteiger partial charge >= 0.3 is 0 Å². The van der Waals surface area contributed by atoms with Crippen molar-refractivity contribution in [2.24, 2.45) is 4.99 Å². The molecule has 0 bridgehead atoms. The van der Waals surface area contributed by atoms with Crippen molar-refractivity contribution in [1.29, 1.82) is 0 Å². The molecule has 0 spiro atoms. The number of nitrogens with one attached hydrogen (secondary N) is 2.